The van der Waals surface area contributed by atoms with Gasteiger partial charge in [0.2, 0.25) is 0 Å². The average molecular weight is 147 g/mol. The zero-order valence-corrected chi connectivity index (χ0v) is 6.98. The minimum atomic E-state index is -0.0553. The molecule has 0 aromatic heterocycles. The van der Waals surface area contributed by atoms with E-state index in [1.807, 2.05) is 20.8 Å². The molecule has 0 aliphatic rings. The molecular formula is C6H13NOS. The van der Waals surface area contributed by atoms with Crippen LogP contribution in [0.2, 0.25) is 0 Å². The Labute approximate surface area is 61.7 Å². The zero-order valence-electron chi connectivity index (χ0n) is 6.09. The van der Waals surface area contributed by atoms with Crippen LogP contribution in [0.1, 0.15) is 20.8 Å². The number of hydrogen-bond donors (Lipinski definition) is 1. The summed E-state index contributed by atoms with van der Waals surface area (Å²) in [6, 6.07) is 0. The highest BCUT2D eigenvalue weighted by Gasteiger charge is 1.93. The van der Waals surface area contributed by atoms with E-state index < -0.39 is 0 Å². The molecule has 0 aliphatic carbocycles. The van der Waals surface area contributed by atoms with Crippen LogP contribution < -0.4 is 0 Å². The van der Waals surface area contributed by atoms with Gasteiger partial charge >= 0.3 is 0 Å². The molecule has 0 N–H and O–H groups in total. The predicted octanol–water partition coefficient (Wildman–Crippen LogP) is 1.72. The first kappa shape index (κ1) is 8.82. The van der Waals surface area contributed by atoms with Crippen molar-refractivity contribution < 1.29 is 4.74 Å². The summed E-state index contributed by atoms with van der Waals surface area (Å²) in [5, 5.41) is 0. The first-order chi connectivity index (χ1) is 4.16. The van der Waals surface area contributed by atoms with Crippen LogP contribution in [-0.2, 0) is 4.74 Å². The molecule has 9 heavy (non-hydrogen) atoms. The van der Waals surface area contributed by atoms with Crippen molar-refractivity contribution in [2.45, 2.75) is 26.2 Å². The summed E-state index contributed by atoms with van der Waals surface area (Å²) in [6.07, 6.45) is 0. The van der Waals surface area contributed by atoms with Gasteiger partial charge in [0.1, 0.15) is 5.44 Å². The third-order valence-corrected chi connectivity index (χ3v) is 0.827. The van der Waals surface area contributed by atoms with Gasteiger partial charge < -0.3 is 4.74 Å². The van der Waals surface area contributed by atoms with Crippen molar-refractivity contribution in [1.29, 1.82) is 0 Å². The van der Waals surface area contributed by atoms with Gasteiger partial charge in [-0.25, -0.2) is 0 Å². The van der Waals surface area contributed by atoms with Gasteiger partial charge in [0, 0.05) is 13.5 Å². The van der Waals surface area contributed by atoms with Crippen LogP contribution in [-0.4, -0.2) is 17.9 Å². The summed E-state index contributed by atoms with van der Waals surface area (Å²) >= 11 is 4.03. The van der Waals surface area contributed by atoms with Gasteiger partial charge in [0.15, 0.2) is 5.90 Å². The molecule has 0 heterocycles. The Morgan fingerprint density at radius 1 is 1.78 bits per heavy atom. The summed E-state index contributed by atoms with van der Waals surface area (Å²) in [7, 11) is 0. The smallest absolute Gasteiger partial charge is 0.181 e. The molecule has 0 aromatic carbocycles. The molecular weight excluding hydrogens is 134 g/mol. The molecule has 0 aliphatic heterocycles. The van der Waals surface area contributed by atoms with Gasteiger partial charge in [-0.1, -0.05) is 0 Å². The minimum absolute atomic E-state index is 0.0553. The van der Waals surface area contributed by atoms with Crippen LogP contribution in [0.25, 0.3) is 0 Å². The first-order valence-electron chi connectivity index (χ1n) is 3.02. The Balaban J connectivity index is 3.49. The van der Waals surface area contributed by atoms with Crippen LogP contribution in [0.3, 0.4) is 0 Å². The molecule has 2 nitrogen and oxygen atoms in total. The molecule has 0 fully saturated rings. The lowest BCUT2D eigenvalue weighted by molar-refractivity contribution is 0.293. The van der Waals surface area contributed by atoms with Gasteiger partial charge in [0.25, 0.3) is 0 Å². The van der Waals surface area contributed by atoms with Crippen molar-refractivity contribution in [3.8, 4) is 0 Å². The van der Waals surface area contributed by atoms with Crippen LogP contribution in [0.15, 0.2) is 4.99 Å². The number of rotatable bonds is 2. The van der Waals surface area contributed by atoms with Crippen molar-refractivity contribution in [3.63, 3.8) is 0 Å². The fraction of sp³-hybridized carbons (Fsp3) is 0.833. The predicted molar refractivity (Wildman–Crippen MR) is 43.2 cm³/mol. The Morgan fingerprint density at radius 2 is 2.33 bits per heavy atom. The molecule has 0 aromatic rings. The second-order valence-electron chi connectivity index (χ2n) is 1.71. The van der Waals surface area contributed by atoms with Gasteiger partial charge in [-0.05, 0) is 13.8 Å². The van der Waals surface area contributed by atoms with E-state index in [-0.39, 0.29) is 5.44 Å². The maximum absolute atomic E-state index is 5.10. The summed E-state index contributed by atoms with van der Waals surface area (Å²) in [6.45, 7) is 6.43. The van der Waals surface area contributed by atoms with Crippen molar-refractivity contribution in [1.82, 2.24) is 0 Å². The number of nitrogens with zero attached hydrogens (tertiary/aromatic N) is 1. The third kappa shape index (κ3) is 5.69. The lowest BCUT2D eigenvalue weighted by Crippen LogP contribution is -2.05. The van der Waals surface area contributed by atoms with Gasteiger partial charge in [-0.2, -0.15) is 0 Å². The molecule has 3 heteroatoms. The summed E-state index contributed by atoms with van der Waals surface area (Å²) in [5.74, 6) is 0.708. The van der Waals surface area contributed by atoms with Gasteiger partial charge in [-0.15, -0.1) is 12.6 Å². The molecule has 0 spiro atoms. The highest BCUT2D eigenvalue weighted by molar-refractivity contribution is 7.80. The normalized spacial score (nSPS) is 15.3. The van der Waals surface area contributed by atoms with Crippen molar-refractivity contribution in [3.05, 3.63) is 0 Å². The van der Waals surface area contributed by atoms with Crippen molar-refractivity contribution in [2.75, 3.05) is 6.54 Å². The highest BCUT2D eigenvalue weighted by Crippen LogP contribution is 1.95. The average Bonchev–Trinajstić information content (AvgIpc) is 1.63. The monoisotopic (exact) mass is 147 g/mol. The second-order valence-corrected chi connectivity index (χ2v) is 2.44. The van der Waals surface area contributed by atoms with E-state index in [9.17, 15) is 0 Å². The standard InChI is InChI=1S/C6H13NOS/c1-4-7-5(2)8-6(3)9/h6,9H,4H2,1-3H3. The topological polar surface area (TPSA) is 21.6 Å². The number of ether oxygens (including phenoxy) is 1. The van der Waals surface area contributed by atoms with E-state index in [2.05, 4.69) is 17.6 Å². The van der Waals surface area contributed by atoms with E-state index in [1.165, 1.54) is 0 Å². The van der Waals surface area contributed by atoms with Gasteiger partial charge in [-0.3, -0.25) is 4.99 Å². The molecule has 0 rings (SSSR count). The van der Waals surface area contributed by atoms with Gasteiger partial charge in [0.05, 0.1) is 0 Å². The van der Waals surface area contributed by atoms with Crippen LogP contribution in [0.5, 0.6) is 0 Å². The lowest BCUT2D eigenvalue weighted by Gasteiger charge is -2.06. The van der Waals surface area contributed by atoms with E-state index in [0.29, 0.717) is 5.90 Å². The van der Waals surface area contributed by atoms with E-state index in [4.69, 9.17) is 4.74 Å². The van der Waals surface area contributed by atoms with Crippen molar-refractivity contribution >= 4 is 18.5 Å². The fourth-order valence-corrected chi connectivity index (χ4v) is 0.659. The Bertz CT molecular complexity index is 101. The second kappa shape index (κ2) is 4.68. The lowest BCUT2D eigenvalue weighted by atomic mass is 10.7. The Hall–Kier alpha value is -0.180. The van der Waals surface area contributed by atoms with Crippen LogP contribution >= 0.6 is 12.6 Å². The zero-order chi connectivity index (χ0) is 7.28. The molecule has 0 radical (unpaired) electrons. The molecule has 1 unspecified atom stereocenters. The van der Waals surface area contributed by atoms with Crippen molar-refractivity contribution in [2.24, 2.45) is 4.99 Å². The summed E-state index contributed by atoms with van der Waals surface area (Å²) < 4.78 is 5.10. The Morgan fingerprint density at radius 3 is 2.67 bits per heavy atom. The largest absolute Gasteiger partial charge is 0.468 e. The number of aliphatic imine (C=N–C) groups is 1. The highest BCUT2D eigenvalue weighted by atomic mass is 32.1. The van der Waals surface area contributed by atoms with E-state index >= 15 is 0 Å². The first-order valence-corrected chi connectivity index (χ1v) is 3.54. The van der Waals surface area contributed by atoms with E-state index in [1.54, 1.807) is 0 Å². The molecule has 0 saturated heterocycles. The molecule has 0 bridgehead atoms. The summed E-state index contributed by atoms with van der Waals surface area (Å²) in [5.41, 5.74) is -0.0553. The number of thiol groups is 1. The molecule has 1 atom stereocenters. The summed E-state index contributed by atoms with van der Waals surface area (Å²) in [4.78, 5) is 4.01. The quantitative estimate of drug-likeness (QED) is 0.273. The fourth-order valence-electron chi connectivity index (χ4n) is 0.507. The van der Waals surface area contributed by atoms with E-state index in [0.717, 1.165) is 6.54 Å². The van der Waals surface area contributed by atoms with Crippen LogP contribution in [0, 0.1) is 0 Å². The molecule has 0 amide bonds. The molecule has 0 saturated carbocycles. The maximum Gasteiger partial charge on any atom is 0.181 e. The SMILES string of the molecule is CCN=C(C)OC(C)S. The van der Waals surface area contributed by atoms with Crippen LogP contribution in [0.4, 0.5) is 0 Å². The molecule has 54 valence electrons. The number of hydrogen-bond acceptors (Lipinski definition) is 3. The third-order valence-electron chi connectivity index (χ3n) is 0.722. The Kier molecular flexibility index (Phi) is 4.58. The minimum Gasteiger partial charge on any atom is -0.468 e. The maximum atomic E-state index is 5.10.